The summed E-state index contributed by atoms with van der Waals surface area (Å²) in [6, 6.07) is 9.89. The van der Waals surface area contributed by atoms with E-state index in [0.29, 0.717) is 29.4 Å². The number of halogens is 1. The maximum atomic E-state index is 13.3. The van der Waals surface area contributed by atoms with Crippen LogP contribution in [0.1, 0.15) is 49.7 Å². The number of rotatable bonds is 9. The Morgan fingerprint density at radius 3 is 2.65 bits per heavy atom. The molecule has 214 valence electrons. The van der Waals surface area contributed by atoms with Crippen molar-refractivity contribution < 1.29 is 27.6 Å². The summed E-state index contributed by atoms with van der Waals surface area (Å²) < 4.78 is 42.1. The van der Waals surface area contributed by atoms with Crippen molar-refractivity contribution in [3.8, 4) is 17.3 Å². The Morgan fingerprint density at radius 1 is 1.27 bits per heavy atom. The van der Waals surface area contributed by atoms with Crippen LogP contribution >= 0.6 is 11.6 Å². The molecule has 1 fully saturated rings. The predicted molar refractivity (Wildman–Crippen MR) is 148 cm³/mol. The van der Waals surface area contributed by atoms with E-state index < -0.39 is 37.0 Å². The first-order chi connectivity index (χ1) is 18.7. The number of aromatic nitrogens is 2. The number of sulfonamides is 1. The number of carbonyl (C=O) groups is 1. The summed E-state index contributed by atoms with van der Waals surface area (Å²) in [5, 5.41) is 19.2. The van der Waals surface area contributed by atoms with Crippen LogP contribution in [0.15, 0.2) is 47.4 Å². The van der Waals surface area contributed by atoms with Gasteiger partial charge in [-0.3, -0.25) is 14.9 Å². The van der Waals surface area contributed by atoms with Crippen LogP contribution in [0, 0.1) is 17.0 Å². The minimum Gasteiger partial charge on any atom is -0.437 e. The van der Waals surface area contributed by atoms with Gasteiger partial charge in [-0.15, -0.1) is 0 Å². The Kier molecular flexibility index (Phi) is 8.49. The minimum atomic E-state index is -4.27. The fourth-order valence-electron chi connectivity index (χ4n) is 4.16. The van der Waals surface area contributed by atoms with Gasteiger partial charge < -0.3 is 14.8 Å². The molecule has 14 heteroatoms. The normalized spacial score (nSPS) is 15.7. The van der Waals surface area contributed by atoms with Gasteiger partial charge in [-0.05, 0) is 64.8 Å². The van der Waals surface area contributed by atoms with Gasteiger partial charge in [0.1, 0.15) is 10.6 Å². The van der Waals surface area contributed by atoms with Gasteiger partial charge in [0.05, 0.1) is 16.7 Å². The molecule has 3 aromatic rings. The van der Waals surface area contributed by atoms with E-state index in [1.165, 1.54) is 10.7 Å². The van der Waals surface area contributed by atoms with Crippen molar-refractivity contribution >= 4 is 33.2 Å². The van der Waals surface area contributed by atoms with Gasteiger partial charge in [-0.2, -0.15) is 9.78 Å². The zero-order valence-electron chi connectivity index (χ0n) is 22.4. The highest BCUT2D eigenvalue weighted by atomic mass is 35.5. The second-order valence-corrected chi connectivity index (χ2v) is 12.4. The van der Waals surface area contributed by atoms with Crippen molar-refractivity contribution in [1.29, 1.82) is 0 Å². The summed E-state index contributed by atoms with van der Waals surface area (Å²) >= 11 is 6.21. The summed E-state index contributed by atoms with van der Waals surface area (Å²) in [4.78, 5) is 23.5. The lowest BCUT2D eigenvalue weighted by molar-refractivity contribution is -0.385. The van der Waals surface area contributed by atoms with Gasteiger partial charge >= 0.3 is 0 Å². The maximum absolute atomic E-state index is 13.3. The fraction of sp³-hybridized carbons (Fsp3) is 0.385. The lowest BCUT2D eigenvalue weighted by Crippen LogP contribution is -2.40. The van der Waals surface area contributed by atoms with Gasteiger partial charge in [-0.25, -0.2) is 13.1 Å². The van der Waals surface area contributed by atoms with Crippen LogP contribution in [0.5, 0.6) is 11.6 Å². The van der Waals surface area contributed by atoms with E-state index in [-0.39, 0.29) is 23.4 Å². The highest BCUT2D eigenvalue weighted by molar-refractivity contribution is 7.89. The number of nitro groups is 1. The van der Waals surface area contributed by atoms with Crippen LogP contribution in [0.4, 0.5) is 5.69 Å². The molecule has 2 N–H and O–H groups in total. The van der Waals surface area contributed by atoms with E-state index in [1.54, 1.807) is 52.0 Å². The molecule has 0 aliphatic carbocycles. The molecule has 0 radical (unpaired) electrons. The number of nitro benzene ring substituents is 1. The zero-order valence-corrected chi connectivity index (χ0v) is 24.0. The summed E-state index contributed by atoms with van der Waals surface area (Å²) in [6.07, 6.45) is 1.67. The third-order valence-corrected chi connectivity index (χ3v) is 7.94. The average molecular weight is 592 g/mol. The molecule has 0 spiro atoms. The summed E-state index contributed by atoms with van der Waals surface area (Å²) in [6.45, 7) is 7.48. The van der Waals surface area contributed by atoms with Crippen LogP contribution in [-0.2, 0) is 14.8 Å². The molecule has 1 aliphatic rings. The number of ether oxygens (including phenoxy) is 2. The van der Waals surface area contributed by atoms with Crippen LogP contribution in [0.3, 0.4) is 0 Å². The Balaban J connectivity index is 1.80. The van der Waals surface area contributed by atoms with Gasteiger partial charge in [0.25, 0.3) is 11.6 Å². The van der Waals surface area contributed by atoms with Crippen molar-refractivity contribution in [1.82, 2.24) is 19.8 Å². The van der Waals surface area contributed by atoms with E-state index in [2.05, 4.69) is 15.1 Å². The minimum absolute atomic E-state index is 0.0330. The fourth-order valence-corrected chi connectivity index (χ4v) is 5.91. The van der Waals surface area contributed by atoms with Crippen molar-refractivity contribution in [3.05, 3.63) is 68.9 Å². The third-order valence-electron chi connectivity index (χ3n) is 5.93. The van der Waals surface area contributed by atoms with Crippen LogP contribution in [-0.4, -0.2) is 53.8 Å². The molecule has 1 amide bonds. The molecule has 40 heavy (non-hydrogen) atoms. The molecule has 12 nitrogen and oxygen atoms in total. The first-order valence-electron chi connectivity index (χ1n) is 12.5. The molecule has 1 unspecified atom stereocenters. The highest BCUT2D eigenvalue weighted by Crippen LogP contribution is 2.36. The lowest BCUT2D eigenvalue weighted by atomic mass is 10.1. The molecule has 0 bridgehead atoms. The molecule has 1 aliphatic heterocycles. The second kappa shape index (κ2) is 11.5. The number of nitrogens with one attached hydrogen (secondary N) is 2. The van der Waals surface area contributed by atoms with E-state index in [9.17, 15) is 23.3 Å². The molecular formula is C26H30ClN5O7S. The number of carbonyl (C=O) groups excluding carboxylic acids is 1. The quantitative estimate of drug-likeness (QED) is 0.272. The molecule has 1 aromatic heterocycles. The Bertz CT molecular complexity index is 1540. The Morgan fingerprint density at radius 2 is 2.02 bits per heavy atom. The topological polar surface area (TPSA) is 155 Å². The van der Waals surface area contributed by atoms with Crippen molar-refractivity contribution in [2.45, 2.75) is 57.1 Å². The Hall–Kier alpha value is -3.52. The number of hydrogen-bond acceptors (Lipinski definition) is 8. The van der Waals surface area contributed by atoms with Crippen LogP contribution < -0.4 is 14.8 Å². The highest BCUT2D eigenvalue weighted by Gasteiger charge is 2.30. The molecule has 2 aromatic carbocycles. The number of amides is 1. The van der Waals surface area contributed by atoms with Crippen LogP contribution in [0.2, 0.25) is 5.02 Å². The first-order valence-corrected chi connectivity index (χ1v) is 14.4. The van der Waals surface area contributed by atoms with Gasteiger partial charge in [0, 0.05) is 41.4 Å². The lowest BCUT2D eigenvalue weighted by Gasteiger charge is -2.21. The van der Waals surface area contributed by atoms with Crippen LogP contribution in [0.25, 0.3) is 5.69 Å². The Labute approximate surface area is 236 Å². The monoisotopic (exact) mass is 591 g/mol. The largest absolute Gasteiger partial charge is 0.437 e. The van der Waals surface area contributed by atoms with Gasteiger partial charge in [0.2, 0.25) is 15.9 Å². The standard InChI is InChI=1S/C26H30ClN5O7S/c1-16-23(24(33)28-15-20-9-6-12-38-20)29-31(18-8-5-7-17(27)13-18)25(16)39-21-11-10-19(32(34)35)14-22(21)40(36,37)30-26(2,3)4/h5,7-8,10-11,13-14,20,30H,6,9,12,15H2,1-4H3,(H,28,33). The van der Waals surface area contributed by atoms with Gasteiger partial charge in [0.15, 0.2) is 5.69 Å². The number of nitrogens with zero attached hydrogens (tertiary/aromatic N) is 3. The molecule has 0 saturated carbocycles. The van der Waals surface area contributed by atoms with Crippen molar-refractivity contribution in [2.24, 2.45) is 0 Å². The molecule has 2 heterocycles. The zero-order chi connectivity index (χ0) is 29.2. The first kappa shape index (κ1) is 29.5. The van der Waals surface area contributed by atoms with Gasteiger partial charge in [-0.1, -0.05) is 17.7 Å². The number of hydrogen-bond donors (Lipinski definition) is 2. The van der Waals surface area contributed by atoms with Crippen molar-refractivity contribution in [3.63, 3.8) is 0 Å². The molecule has 4 rings (SSSR count). The van der Waals surface area contributed by atoms with E-state index in [0.717, 1.165) is 25.0 Å². The summed E-state index contributed by atoms with van der Waals surface area (Å²) in [5.74, 6) is -0.630. The smallest absolute Gasteiger partial charge is 0.272 e. The SMILES string of the molecule is Cc1c(C(=O)NCC2CCCO2)nn(-c2cccc(Cl)c2)c1Oc1ccc([N+](=O)[O-])cc1S(=O)(=O)NC(C)(C)C. The number of benzene rings is 2. The number of non-ortho nitro benzene ring substituents is 1. The van der Waals surface area contributed by atoms with Crippen molar-refractivity contribution in [2.75, 3.05) is 13.2 Å². The summed E-state index contributed by atoms with van der Waals surface area (Å²) in [7, 11) is -4.27. The third kappa shape index (κ3) is 6.78. The molecule has 1 saturated heterocycles. The maximum Gasteiger partial charge on any atom is 0.272 e. The molecular weight excluding hydrogens is 562 g/mol. The van der Waals surface area contributed by atoms with E-state index >= 15 is 0 Å². The average Bonchev–Trinajstić information content (AvgIpc) is 3.49. The van der Waals surface area contributed by atoms with E-state index in [1.807, 2.05) is 0 Å². The van der Waals surface area contributed by atoms with E-state index in [4.69, 9.17) is 21.1 Å². The summed E-state index contributed by atoms with van der Waals surface area (Å²) in [5.41, 5.74) is -0.505. The molecule has 1 atom stereocenters. The second-order valence-electron chi connectivity index (χ2n) is 10.4. The predicted octanol–water partition coefficient (Wildman–Crippen LogP) is 4.52.